The van der Waals surface area contributed by atoms with Crippen LogP contribution in [0.2, 0.25) is 15.1 Å². The molecule has 2 aromatic carbocycles. The van der Waals surface area contributed by atoms with E-state index < -0.39 is 0 Å². The lowest BCUT2D eigenvalue weighted by Gasteiger charge is -2.10. The van der Waals surface area contributed by atoms with Crippen molar-refractivity contribution in [3.05, 3.63) is 57.0 Å². The van der Waals surface area contributed by atoms with E-state index in [1.54, 1.807) is 36.4 Å². The first kappa shape index (κ1) is 16.0. The van der Waals surface area contributed by atoms with E-state index in [2.05, 4.69) is 5.32 Å². The third kappa shape index (κ3) is 4.53. The average Bonchev–Trinajstić information content (AvgIpc) is 2.42. The van der Waals surface area contributed by atoms with Crippen molar-refractivity contribution in [2.75, 3.05) is 11.9 Å². The van der Waals surface area contributed by atoms with Gasteiger partial charge in [-0.1, -0.05) is 34.8 Å². The van der Waals surface area contributed by atoms with Crippen LogP contribution in [0, 0.1) is 6.92 Å². The van der Waals surface area contributed by atoms with Crippen LogP contribution < -0.4 is 10.1 Å². The molecular formula is C15H12Cl3NO2. The Morgan fingerprint density at radius 3 is 2.52 bits per heavy atom. The molecule has 0 heterocycles. The maximum Gasteiger partial charge on any atom is 0.262 e. The van der Waals surface area contributed by atoms with Gasteiger partial charge >= 0.3 is 0 Å². The fourth-order valence-corrected chi connectivity index (χ4v) is 2.21. The number of carbonyl (C=O) groups excluding carboxylic acids is 1. The van der Waals surface area contributed by atoms with Gasteiger partial charge in [-0.05, 0) is 48.9 Å². The molecule has 0 radical (unpaired) electrons. The molecule has 0 aromatic heterocycles. The van der Waals surface area contributed by atoms with Crippen molar-refractivity contribution in [3.63, 3.8) is 0 Å². The SMILES string of the molecule is Cc1cc(Cl)ccc1OCC(=O)Nc1ccc(Cl)c(Cl)c1. The lowest BCUT2D eigenvalue weighted by atomic mass is 10.2. The minimum atomic E-state index is -0.289. The molecule has 1 amide bonds. The lowest BCUT2D eigenvalue weighted by Crippen LogP contribution is -2.20. The number of amides is 1. The van der Waals surface area contributed by atoms with Crippen molar-refractivity contribution in [3.8, 4) is 5.75 Å². The normalized spacial score (nSPS) is 10.3. The molecule has 110 valence electrons. The fraction of sp³-hybridized carbons (Fsp3) is 0.133. The first-order valence-corrected chi connectivity index (χ1v) is 7.23. The summed E-state index contributed by atoms with van der Waals surface area (Å²) in [5.74, 6) is 0.325. The molecule has 2 aromatic rings. The number of benzene rings is 2. The van der Waals surface area contributed by atoms with Crippen LogP contribution in [-0.2, 0) is 4.79 Å². The molecule has 0 fully saturated rings. The van der Waals surface area contributed by atoms with Crippen molar-refractivity contribution in [1.29, 1.82) is 0 Å². The number of ether oxygens (including phenoxy) is 1. The Morgan fingerprint density at radius 1 is 1.10 bits per heavy atom. The molecule has 0 saturated heterocycles. The van der Waals surface area contributed by atoms with Crippen molar-refractivity contribution in [2.24, 2.45) is 0 Å². The molecule has 0 saturated carbocycles. The van der Waals surface area contributed by atoms with E-state index in [0.717, 1.165) is 5.56 Å². The second-order valence-corrected chi connectivity index (χ2v) is 5.63. The topological polar surface area (TPSA) is 38.3 Å². The summed E-state index contributed by atoms with van der Waals surface area (Å²) < 4.78 is 5.45. The van der Waals surface area contributed by atoms with Crippen LogP contribution in [0.5, 0.6) is 5.75 Å². The standard InChI is InChI=1S/C15H12Cl3NO2/c1-9-6-10(16)2-5-14(9)21-8-15(20)19-11-3-4-12(17)13(18)7-11/h2-7H,8H2,1H3,(H,19,20). The summed E-state index contributed by atoms with van der Waals surface area (Å²) in [5, 5.41) is 4.11. The summed E-state index contributed by atoms with van der Waals surface area (Å²) in [4.78, 5) is 11.8. The summed E-state index contributed by atoms with van der Waals surface area (Å²) >= 11 is 17.5. The molecule has 0 atom stereocenters. The predicted molar refractivity (Wildman–Crippen MR) is 86.8 cm³/mol. The zero-order chi connectivity index (χ0) is 15.4. The molecule has 6 heteroatoms. The van der Waals surface area contributed by atoms with Gasteiger partial charge in [0.2, 0.25) is 0 Å². The maximum absolute atomic E-state index is 11.8. The van der Waals surface area contributed by atoms with E-state index in [9.17, 15) is 4.79 Å². The van der Waals surface area contributed by atoms with Crippen LogP contribution in [0.15, 0.2) is 36.4 Å². The summed E-state index contributed by atoms with van der Waals surface area (Å²) in [7, 11) is 0. The highest BCUT2D eigenvalue weighted by atomic mass is 35.5. The summed E-state index contributed by atoms with van der Waals surface area (Å²) in [6.45, 7) is 1.75. The van der Waals surface area contributed by atoms with E-state index in [0.29, 0.717) is 26.5 Å². The monoisotopic (exact) mass is 343 g/mol. The minimum absolute atomic E-state index is 0.108. The van der Waals surface area contributed by atoms with E-state index >= 15 is 0 Å². The van der Waals surface area contributed by atoms with E-state index in [1.807, 2.05) is 6.92 Å². The molecule has 0 aliphatic carbocycles. The Bertz CT molecular complexity index is 674. The van der Waals surface area contributed by atoms with Crippen molar-refractivity contribution in [1.82, 2.24) is 0 Å². The largest absolute Gasteiger partial charge is 0.483 e. The van der Waals surface area contributed by atoms with Crippen LogP contribution in [0.4, 0.5) is 5.69 Å². The number of hydrogen-bond acceptors (Lipinski definition) is 2. The Hall–Kier alpha value is -1.42. The van der Waals surface area contributed by atoms with Crippen LogP contribution >= 0.6 is 34.8 Å². The molecule has 0 spiro atoms. The smallest absolute Gasteiger partial charge is 0.262 e. The highest BCUT2D eigenvalue weighted by molar-refractivity contribution is 6.42. The lowest BCUT2D eigenvalue weighted by molar-refractivity contribution is -0.118. The summed E-state index contributed by atoms with van der Waals surface area (Å²) in [6.07, 6.45) is 0. The van der Waals surface area contributed by atoms with Crippen LogP contribution in [0.1, 0.15) is 5.56 Å². The third-order valence-electron chi connectivity index (χ3n) is 2.70. The fourth-order valence-electron chi connectivity index (χ4n) is 1.69. The Morgan fingerprint density at radius 2 is 1.86 bits per heavy atom. The molecule has 21 heavy (non-hydrogen) atoms. The van der Waals surface area contributed by atoms with Gasteiger partial charge in [-0.25, -0.2) is 0 Å². The molecule has 0 aliphatic rings. The molecule has 3 nitrogen and oxygen atoms in total. The highest BCUT2D eigenvalue weighted by Crippen LogP contribution is 2.25. The zero-order valence-electron chi connectivity index (χ0n) is 11.1. The molecular weight excluding hydrogens is 333 g/mol. The minimum Gasteiger partial charge on any atom is -0.483 e. The Balaban J connectivity index is 1.94. The first-order valence-electron chi connectivity index (χ1n) is 6.09. The predicted octanol–water partition coefficient (Wildman–Crippen LogP) is 4.97. The van der Waals surface area contributed by atoms with Gasteiger partial charge in [0.1, 0.15) is 5.75 Å². The van der Waals surface area contributed by atoms with E-state index in [1.165, 1.54) is 0 Å². The number of hydrogen-bond donors (Lipinski definition) is 1. The van der Waals surface area contributed by atoms with Crippen LogP contribution in [0.25, 0.3) is 0 Å². The maximum atomic E-state index is 11.8. The number of carbonyl (C=O) groups is 1. The summed E-state index contributed by atoms with van der Waals surface area (Å²) in [5.41, 5.74) is 1.43. The molecule has 1 N–H and O–H groups in total. The number of nitrogens with one attached hydrogen (secondary N) is 1. The van der Waals surface area contributed by atoms with Gasteiger partial charge in [-0.15, -0.1) is 0 Å². The molecule has 0 unspecified atom stereocenters. The van der Waals surface area contributed by atoms with Gasteiger partial charge in [0.05, 0.1) is 10.0 Å². The van der Waals surface area contributed by atoms with Gasteiger partial charge < -0.3 is 10.1 Å². The van der Waals surface area contributed by atoms with Crippen LogP contribution in [0.3, 0.4) is 0 Å². The number of aryl methyl sites for hydroxylation is 1. The highest BCUT2D eigenvalue weighted by Gasteiger charge is 2.07. The van der Waals surface area contributed by atoms with Gasteiger partial charge in [-0.3, -0.25) is 4.79 Å². The second-order valence-electron chi connectivity index (χ2n) is 4.38. The third-order valence-corrected chi connectivity index (χ3v) is 3.67. The van der Waals surface area contributed by atoms with Crippen molar-refractivity contribution < 1.29 is 9.53 Å². The first-order chi connectivity index (χ1) is 9.95. The zero-order valence-corrected chi connectivity index (χ0v) is 13.4. The van der Waals surface area contributed by atoms with Crippen molar-refractivity contribution in [2.45, 2.75) is 6.92 Å². The van der Waals surface area contributed by atoms with Crippen molar-refractivity contribution >= 4 is 46.4 Å². The van der Waals surface area contributed by atoms with E-state index in [4.69, 9.17) is 39.5 Å². The number of anilines is 1. The second kappa shape index (κ2) is 7.03. The van der Waals surface area contributed by atoms with Crippen LogP contribution in [-0.4, -0.2) is 12.5 Å². The molecule has 2 rings (SSSR count). The summed E-state index contributed by atoms with van der Waals surface area (Å²) in [6, 6.07) is 10.1. The van der Waals surface area contributed by atoms with Gasteiger partial charge in [0, 0.05) is 10.7 Å². The van der Waals surface area contributed by atoms with Gasteiger partial charge in [0.15, 0.2) is 6.61 Å². The Labute approximate surface area is 137 Å². The average molecular weight is 345 g/mol. The van der Waals surface area contributed by atoms with Gasteiger partial charge in [0.25, 0.3) is 5.91 Å². The quantitative estimate of drug-likeness (QED) is 0.850. The number of rotatable bonds is 4. The molecule has 0 bridgehead atoms. The van der Waals surface area contributed by atoms with E-state index in [-0.39, 0.29) is 12.5 Å². The van der Waals surface area contributed by atoms with Gasteiger partial charge in [-0.2, -0.15) is 0 Å². The molecule has 0 aliphatic heterocycles. The number of halogens is 3. The Kier molecular flexibility index (Phi) is 5.34.